The molecule has 0 spiro atoms. The lowest BCUT2D eigenvalue weighted by atomic mass is 9.85. The van der Waals surface area contributed by atoms with E-state index in [2.05, 4.69) is 22.9 Å². The first-order valence-electron chi connectivity index (χ1n) is 5.76. The molecule has 0 aromatic carbocycles. The predicted octanol–water partition coefficient (Wildman–Crippen LogP) is 2.29. The van der Waals surface area contributed by atoms with Crippen LogP contribution in [0.4, 0.5) is 11.5 Å². The zero-order valence-corrected chi connectivity index (χ0v) is 9.32. The van der Waals surface area contributed by atoms with Gasteiger partial charge < -0.3 is 10.6 Å². The van der Waals surface area contributed by atoms with Crippen LogP contribution in [-0.4, -0.2) is 18.1 Å². The Labute approximate surface area is 91.3 Å². The van der Waals surface area contributed by atoms with Gasteiger partial charge >= 0.3 is 0 Å². The van der Waals surface area contributed by atoms with Crippen molar-refractivity contribution in [2.75, 3.05) is 23.7 Å². The Kier molecular flexibility index (Phi) is 3.09. The third kappa shape index (κ3) is 2.22. The number of nitrogen functional groups attached to an aromatic ring is 1. The van der Waals surface area contributed by atoms with Gasteiger partial charge in [0, 0.05) is 19.3 Å². The Balaban J connectivity index is 2.07. The number of rotatable bonds is 4. The maximum absolute atomic E-state index is 5.88. The summed E-state index contributed by atoms with van der Waals surface area (Å²) in [5.74, 6) is 1.52. The molecule has 0 aliphatic heterocycles. The molecule has 15 heavy (non-hydrogen) atoms. The van der Waals surface area contributed by atoms with Crippen molar-refractivity contribution in [3.63, 3.8) is 0 Å². The molecule has 0 unspecified atom stereocenters. The van der Waals surface area contributed by atoms with Crippen molar-refractivity contribution >= 4 is 11.5 Å². The Morgan fingerprint density at radius 3 is 2.87 bits per heavy atom. The number of anilines is 2. The van der Waals surface area contributed by atoms with Crippen LogP contribution in [0.25, 0.3) is 0 Å². The summed E-state index contributed by atoms with van der Waals surface area (Å²) in [5, 5.41) is 0. The van der Waals surface area contributed by atoms with E-state index in [1.165, 1.54) is 19.3 Å². The van der Waals surface area contributed by atoms with Gasteiger partial charge in [-0.05, 0) is 37.8 Å². The van der Waals surface area contributed by atoms with E-state index in [1.54, 1.807) is 6.20 Å². The minimum Gasteiger partial charge on any atom is -0.382 e. The van der Waals surface area contributed by atoms with Gasteiger partial charge in [0.15, 0.2) is 0 Å². The lowest BCUT2D eigenvalue weighted by Gasteiger charge is -2.33. The van der Waals surface area contributed by atoms with Gasteiger partial charge in [0.05, 0.1) is 5.69 Å². The molecule has 1 saturated carbocycles. The van der Waals surface area contributed by atoms with Gasteiger partial charge in [0.25, 0.3) is 0 Å². The maximum Gasteiger partial charge on any atom is 0.146 e. The highest BCUT2D eigenvalue weighted by molar-refractivity contribution is 5.62. The molecule has 1 aliphatic carbocycles. The number of nitrogens with zero attached hydrogens (tertiary/aromatic N) is 2. The standard InChI is InChI=1S/C12H19N3/c1-2-15(9-10-5-3-6-10)11-7-4-8-14-12(11)13/h4,7-8,10H,2-3,5-6,9H2,1H3,(H2,13,14). The fourth-order valence-corrected chi connectivity index (χ4v) is 2.06. The normalized spacial score (nSPS) is 16.1. The Morgan fingerprint density at radius 1 is 1.53 bits per heavy atom. The summed E-state index contributed by atoms with van der Waals surface area (Å²) < 4.78 is 0. The van der Waals surface area contributed by atoms with Gasteiger partial charge in [-0.1, -0.05) is 6.42 Å². The first kappa shape index (κ1) is 10.3. The van der Waals surface area contributed by atoms with E-state index in [9.17, 15) is 0 Å². The Morgan fingerprint density at radius 2 is 2.33 bits per heavy atom. The van der Waals surface area contributed by atoms with E-state index in [0.29, 0.717) is 5.82 Å². The highest BCUT2D eigenvalue weighted by atomic mass is 15.1. The summed E-state index contributed by atoms with van der Waals surface area (Å²) in [5.41, 5.74) is 6.97. The van der Waals surface area contributed by atoms with Crippen molar-refractivity contribution < 1.29 is 0 Å². The average molecular weight is 205 g/mol. The summed E-state index contributed by atoms with van der Waals surface area (Å²) in [6, 6.07) is 4.01. The fourth-order valence-electron chi connectivity index (χ4n) is 2.06. The summed E-state index contributed by atoms with van der Waals surface area (Å²) in [7, 11) is 0. The molecule has 82 valence electrons. The van der Waals surface area contributed by atoms with Crippen LogP contribution in [0.3, 0.4) is 0 Å². The number of pyridine rings is 1. The van der Waals surface area contributed by atoms with E-state index >= 15 is 0 Å². The average Bonchev–Trinajstić information content (AvgIpc) is 2.19. The molecule has 2 N–H and O–H groups in total. The molecule has 0 atom stereocenters. The fraction of sp³-hybridized carbons (Fsp3) is 0.583. The van der Waals surface area contributed by atoms with E-state index in [1.807, 2.05) is 6.07 Å². The third-order valence-corrected chi connectivity index (χ3v) is 3.24. The maximum atomic E-state index is 5.88. The molecular weight excluding hydrogens is 186 g/mol. The zero-order chi connectivity index (χ0) is 10.7. The highest BCUT2D eigenvalue weighted by Crippen LogP contribution is 2.30. The van der Waals surface area contributed by atoms with Gasteiger partial charge in [-0.15, -0.1) is 0 Å². The summed E-state index contributed by atoms with van der Waals surface area (Å²) in [4.78, 5) is 6.47. The molecule has 0 saturated heterocycles. The predicted molar refractivity (Wildman–Crippen MR) is 63.9 cm³/mol. The van der Waals surface area contributed by atoms with Crippen molar-refractivity contribution in [2.24, 2.45) is 5.92 Å². The minimum absolute atomic E-state index is 0.652. The van der Waals surface area contributed by atoms with Crippen LogP contribution >= 0.6 is 0 Å². The second kappa shape index (κ2) is 4.51. The summed E-state index contributed by atoms with van der Waals surface area (Å²) in [6.45, 7) is 4.31. The summed E-state index contributed by atoms with van der Waals surface area (Å²) >= 11 is 0. The Hall–Kier alpha value is -1.25. The smallest absolute Gasteiger partial charge is 0.146 e. The third-order valence-electron chi connectivity index (χ3n) is 3.24. The van der Waals surface area contributed by atoms with E-state index < -0.39 is 0 Å². The van der Waals surface area contributed by atoms with Crippen molar-refractivity contribution in [3.05, 3.63) is 18.3 Å². The SMILES string of the molecule is CCN(CC1CCC1)c1cccnc1N. The summed E-state index contributed by atoms with van der Waals surface area (Å²) in [6.07, 6.45) is 5.88. The molecule has 0 amide bonds. The molecular formula is C12H19N3. The molecule has 1 aromatic rings. The quantitative estimate of drug-likeness (QED) is 0.820. The number of aromatic nitrogens is 1. The zero-order valence-electron chi connectivity index (χ0n) is 9.32. The van der Waals surface area contributed by atoms with Crippen LogP contribution in [-0.2, 0) is 0 Å². The molecule has 3 nitrogen and oxygen atoms in total. The largest absolute Gasteiger partial charge is 0.382 e. The first-order chi connectivity index (χ1) is 7.31. The molecule has 3 heteroatoms. The number of hydrogen-bond acceptors (Lipinski definition) is 3. The van der Waals surface area contributed by atoms with Crippen LogP contribution in [0.2, 0.25) is 0 Å². The van der Waals surface area contributed by atoms with E-state index in [0.717, 1.165) is 24.7 Å². The van der Waals surface area contributed by atoms with E-state index in [-0.39, 0.29) is 0 Å². The minimum atomic E-state index is 0.652. The first-order valence-corrected chi connectivity index (χ1v) is 5.76. The van der Waals surface area contributed by atoms with Gasteiger partial charge in [-0.25, -0.2) is 4.98 Å². The monoisotopic (exact) mass is 205 g/mol. The van der Waals surface area contributed by atoms with Crippen molar-refractivity contribution in [1.82, 2.24) is 4.98 Å². The molecule has 0 bridgehead atoms. The van der Waals surface area contributed by atoms with Gasteiger partial charge in [-0.3, -0.25) is 0 Å². The molecule has 1 aromatic heterocycles. The van der Waals surface area contributed by atoms with Crippen LogP contribution in [0.5, 0.6) is 0 Å². The Bertz CT molecular complexity index is 320. The van der Waals surface area contributed by atoms with Crippen LogP contribution in [0.1, 0.15) is 26.2 Å². The molecule has 1 aliphatic rings. The van der Waals surface area contributed by atoms with Crippen LogP contribution in [0, 0.1) is 5.92 Å². The lowest BCUT2D eigenvalue weighted by molar-refractivity contribution is 0.318. The second-order valence-electron chi connectivity index (χ2n) is 4.24. The number of nitrogens with two attached hydrogens (primary N) is 1. The van der Waals surface area contributed by atoms with Gasteiger partial charge in [0.1, 0.15) is 5.82 Å². The number of hydrogen-bond donors (Lipinski definition) is 1. The van der Waals surface area contributed by atoms with Crippen LogP contribution in [0.15, 0.2) is 18.3 Å². The van der Waals surface area contributed by atoms with Crippen molar-refractivity contribution in [3.8, 4) is 0 Å². The van der Waals surface area contributed by atoms with Gasteiger partial charge in [0.2, 0.25) is 0 Å². The molecule has 2 rings (SSSR count). The molecule has 0 radical (unpaired) electrons. The lowest BCUT2D eigenvalue weighted by Crippen LogP contribution is -2.33. The van der Waals surface area contributed by atoms with Crippen LogP contribution < -0.4 is 10.6 Å². The molecule has 1 heterocycles. The van der Waals surface area contributed by atoms with Gasteiger partial charge in [-0.2, -0.15) is 0 Å². The van der Waals surface area contributed by atoms with E-state index in [4.69, 9.17) is 5.73 Å². The molecule has 1 fully saturated rings. The van der Waals surface area contributed by atoms with Crippen molar-refractivity contribution in [1.29, 1.82) is 0 Å². The topological polar surface area (TPSA) is 42.2 Å². The highest BCUT2D eigenvalue weighted by Gasteiger charge is 2.21. The van der Waals surface area contributed by atoms with Crippen molar-refractivity contribution in [2.45, 2.75) is 26.2 Å². The second-order valence-corrected chi connectivity index (χ2v) is 4.24.